The van der Waals surface area contributed by atoms with Crippen LogP contribution in [0.25, 0.3) is 10.2 Å². The predicted molar refractivity (Wildman–Crippen MR) is 99.1 cm³/mol. The van der Waals surface area contributed by atoms with E-state index in [9.17, 15) is 13.6 Å². The van der Waals surface area contributed by atoms with Gasteiger partial charge in [0.2, 0.25) is 0 Å². The van der Waals surface area contributed by atoms with E-state index in [2.05, 4.69) is 4.99 Å². The fourth-order valence-corrected chi connectivity index (χ4v) is 3.71. The normalized spacial score (nSPS) is 11.9. The van der Waals surface area contributed by atoms with E-state index in [0.717, 1.165) is 17.4 Å². The van der Waals surface area contributed by atoms with Crippen molar-refractivity contribution in [3.8, 4) is 5.75 Å². The maximum Gasteiger partial charge on any atom is 0.279 e. The summed E-state index contributed by atoms with van der Waals surface area (Å²) in [4.78, 5) is 16.9. The molecule has 2 aromatic carbocycles. The van der Waals surface area contributed by atoms with E-state index in [1.54, 1.807) is 24.3 Å². The first-order chi connectivity index (χ1) is 13.0. The number of nitrogens with zero attached hydrogens (tertiary/aromatic N) is 2. The molecule has 1 amide bonds. The first-order valence-corrected chi connectivity index (χ1v) is 9.14. The minimum absolute atomic E-state index is 0.205. The van der Waals surface area contributed by atoms with E-state index in [0.29, 0.717) is 29.2 Å². The number of ether oxygens (including phenoxy) is 2. The van der Waals surface area contributed by atoms with Crippen LogP contribution in [0.4, 0.5) is 8.78 Å². The Balaban J connectivity index is 2.05. The monoisotopic (exact) mass is 392 g/mol. The molecular formula is C19H18F2N2O3S. The third kappa shape index (κ3) is 4.23. The van der Waals surface area contributed by atoms with Gasteiger partial charge in [-0.1, -0.05) is 11.3 Å². The van der Waals surface area contributed by atoms with Gasteiger partial charge < -0.3 is 14.0 Å². The van der Waals surface area contributed by atoms with Gasteiger partial charge in [-0.2, -0.15) is 4.99 Å². The standard InChI is InChI=1S/C19H18F2N2O3S/c1-3-26-14-6-4-12(5-7-14)18(24)22-19-23(8-9-25-2)17-15(21)10-13(20)11-16(17)27-19/h4-7,10-11H,3,8-9H2,1-2H3. The molecule has 5 nitrogen and oxygen atoms in total. The van der Waals surface area contributed by atoms with Gasteiger partial charge in [-0.25, -0.2) is 8.78 Å². The van der Waals surface area contributed by atoms with Crippen LogP contribution >= 0.6 is 11.3 Å². The molecule has 8 heteroatoms. The van der Waals surface area contributed by atoms with Crippen molar-refractivity contribution < 1.29 is 23.0 Å². The molecular weight excluding hydrogens is 374 g/mol. The summed E-state index contributed by atoms with van der Waals surface area (Å²) >= 11 is 1.05. The number of carbonyl (C=O) groups is 1. The first-order valence-electron chi connectivity index (χ1n) is 8.32. The molecule has 0 unspecified atom stereocenters. The summed E-state index contributed by atoms with van der Waals surface area (Å²) in [7, 11) is 1.52. The van der Waals surface area contributed by atoms with Crippen molar-refractivity contribution in [3.63, 3.8) is 0 Å². The number of hydrogen-bond acceptors (Lipinski definition) is 4. The molecule has 0 fully saturated rings. The van der Waals surface area contributed by atoms with E-state index in [-0.39, 0.29) is 16.9 Å². The highest BCUT2D eigenvalue weighted by Crippen LogP contribution is 2.22. The van der Waals surface area contributed by atoms with Crippen LogP contribution in [0.15, 0.2) is 41.4 Å². The summed E-state index contributed by atoms with van der Waals surface area (Å²) in [6.07, 6.45) is 0. The van der Waals surface area contributed by atoms with Crippen LogP contribution in [0.2, 0.25) is 0 Å². The lowest BCUT2D eigenvalue weighted by Crippen LogP contribution is -2.19. The summed E-state index contributed by atoms with van der Waals surface area (Å²) in [5, 5.41) is 0. The fraction of sp³-hybridized carbons (Fsp3) is 0.263. The number of benzene rings is 2. The van der Waals surface area contributed by atoms with Crippen LogP contribution in [0.5, 0.6) is 5.75 Å². The van der Waals surface area contributed by atoms with Crippen LogP contribution in [0.1, 0.15) is 17.3 Å². The van der Waals surface area contributed by atoms with Crippen molar-refractivity contribution in [3.05, 3.63) is 58.4 Å². The zero-order chi connectivity index (χ0) is 19.4. The number of carbonyl (C=O) groups excluding carboxylic acids is 1. The molecule has 0 aliphatic heterocycles. The summed E-state index contributed by atoms with van der Waals surface area (Å²) in [5.74, 6) is -1.20. The second-order valence-corrected chi connectivity index (χ2v) is 6.65. The Bertz CT molecular complexity index is 1030. The summed E-state index contributed by atoms with van der Waals surface area (Å²) in [5.41, 5.74) is 0.581. The third-order valence-corrected chi connectivity index (χ3v) is 4.85. The zero-order valence-electron chi connectivity index (χ0n) is 14.9. The van der Waals surface area contributed by atoms with E-state index >= 15 is 0 Å². The lowest BCUT2D eigenvalue weighted by Gasteiger charge is -2.05. The topological polar surface area (TPSA) is 52.8 Å². The number of fused-ring (bicyclic) bond motifs is 1. The van der Waals surface area contributed by atoms with E-state index < -0.39 is 17.5 Å². The number of aromatic nitrogens is 1. The first kappa shape index (κ1) is 19.2. The summed E-state index contributed by atoms with van der Waals surface area (Å²) < 4.78 is 40.1. The molecule has 0 spiro atoms. The van der Waals surface area contributed by atoms with Gasteiger partial charge in [0.25, 0.3) is 5.91 Å². The summed E-state index contributed by atoms with van der Waals surface area (Å²) in [6.45, 7) is 2.99. The van der Waals surface area contributed by atoms with Crippen molar-refractivity contribution in [2.75, 3.05) is 20.3 Å². The highest BCUT2D eigenvalue weighted by Gasteiger charge is 2.14. The largest absolute Gasteiger partial charge is 0.494 e. The SMILES string of the molecule is CCOc1ccc(C(=O)N=c2sc3cc(F)cc(F)c3n2CCOC)cc1. The molecule has 3 aromatic rings. The fourth-order valence-electron chi connectivity index (χ4n) is 2.62. The number of amides is 1. The minimum Gasteiger partial charge on any atom is -0.494 e. The maximum absolute atomic E-state index is 14.3. The Morgan fingerprint density at radius 1 is 1.22 bits per heavy atom. The molecule has 1 heterocycles. The maximum atomic E-state index is 14.3. The third-order valence-electron chi connectivity index (χ3n) is 3.82. The number of halogens is 2. The lowest BCUT2D eigenvalue weighted by atomic mass is 10.2. The van der Waals surface area contributed by atoms with E-state index in [4.69, 9.17) is 9.47 Å². The molecule has 0 aliphatic carbocycles. The molecule has 0 N–H and O–H groups in total. The smallest absolute Gasteiger partial charge is 0.279 e. The molecule has 0 bridgehead atoms. The molecule has 142 valence electrons. The Morgan fingerprint density at radius 2 is 1.96 bits per heavy atom. The zero-order valence-corrected chi connectivity index (χ0v) is 15.7. The predicted octanol–water partition coefficient (Wildman–Crippen LogP) is 3.77. The molecule has 0 aliphatic rings. The van der Waals surface area contributed by atoms with Crippen LogP contribution < -0.4 is 9.54 Å². The molecule has 3 rings (SSSR count). The highest BCUT2D eigenvalue weighted by atomic mass is 32.1. The van der Waals surface area contributed by atoms with Crippen molar-refractivity contribution in [2.24, 2.45) is 4.99 Å². The Kier molecular flexibility index (Phi) is 5.98. The van der Waals surface area contributed by atoms with Gasteiger partial charge in [-0.05, 0) is 37.3 Å². The van der Waals surface area contributed by atoms with Gasteiger partial charge in [-0.3, -0.25) is 4.79 Å². The van der Waals surface area contributed by atoms with Crippen molar-refractivity contribution in [1.29, 1.82) is 0 Å². The average molecular weight is 392 g/mol. The van der Waals surface area contributed by atoms with Crippen LogP contribution in [-0.4, -0.2) is 30.8 Å². The second-order valence-electron chi connectivity index (χ2n) is 5.64. The van der Waals surface area contributed by atoms with Crippen LogP contribution in [0.3, 0.4) is 0 Å². The summed E-state index contributed by atoms with van der Waals surface area (Å²) in [6, 6.07) is 8.65. The van der Waals surface area contributed by atoms with Crippen molar-refractivity contribution >= 4 is 27.5 Å². The van der Waals surface area contributed by atoms with Gasteiger partial charge in [0, 0.05) is 25.3 Å². The second kappa shape index (κ2) is 8.41. The van der Waals surface area contributed by atoms with Crippen LogP contribution in [-0.2, 0) is 11.3 Å². The quantitative estimate of drug-likeness (QED) is 0.642. The molecule has 27 heavy (non-hydrogen) atoms. The molecule has 0 saturated heterocycles. The molecule has 0 atom stereocenters. The van der Waals surface area contributed by atoms with Crippen LogP contribution in [0, 0.1) is 11.6 Å². The Labute approximate surface area is 158 Å². The van der Waals surface area contributed by atoms with Crippen molar-refractivity contribution in [2.45, 2.75) is 13.5 Å². The van der Waals surface area contributed by atoms with E-state index in [1.165, 1.54) is 17.7 Å². The van der Waals surface area contributed by atoms with Gasteiger partial charge in [0.05, 0.1) is 23.4 Å². The van der Waals surface area contributed by atoms with Gasteiger partial charge >= 0.3 is 0 Å². The van der Waals surface area contributed by atoms with E-state index in [1.807, 2.05) is 6.92 Å². The number of hydrogen-bond donors (Lipinski definition) is 0. The number of rotatable bonds is 6. The molecule has 1 aromatic heterocycles. The average Bonchev–Trinajstić information content (AvgIpc) is 2.97. The number of thiazole rings is 1. The van der Waals surface area contributed by atoms with Crippen molar-refractivity contribution in [1.82, 2.24) is 4.57 Å². The Morgan fingerprint density at radius 3 is 2.63 bits per heavy atom. The van der Waals surface area contributed by atoms with Gasteiger partial charge in [-0.15, -0.1) is 0 Å². The lowest BCUT2D eigenvalue weighted by molar-refractivity contribution is 0.0997. The van der Waals surface area contributed by atoms with Gasteiger partial charge in [0.15, 0.2) is 10.6 Å². The molecule has 0 saturated carbocycles. The van der Waals surface area contributed by atoms with Gasteiger partial charge in [0.1, 0.15) is 11.6 Å². The minimum atomic E-state index is -0.702. The molecule has 0 radical (unpaired) electrons. The highest BCUT2D eigenvalue weighted by molar-refractivity contribution is 7.16. The Hall–Kier alpha value is -2.58. The number of methoxy groups -OCH3 is 1.